The molecule has 1 aliphatic heterocycles. The number of rotatable bonds is 2. The molecule has 1 fully saturated rings. The lowest BCUT2D eigenvalue weighted by molar-refractivity contribution is 0.0904. The van der Waals surface area contributed by atoms with Crippen molar-refractivity contribution >= 4 is 5.91 Å². The second kappa shape index (κ2) is 5.27. The lowest BCUT2D eigenvalue weighted by Gasteiger charge is -2.33. The van der Waals surface area contributed by atoms with Crippen molar-refractivity contribution in [1.29, 1.82) is 0 Å². The summed E-state index contributed by atoms with van der Waals surface area (Å²) in [5, 5.41) is 6.42. The summed E-state index contributed by atoms with van der Waals surface area (Å²) in [7, 11) is 0. The monoisotopic (exact) mass is 233 g/mol. The topological polar surface area (TPSA) is 54.0 Å². The van der Waals surface area contributed by atoms with Crippen molar-refractivity contribution in [2.45, 2.75) is 38.9 Å². The number of hydrogen-bond acceptors (Lipinski definition) is 3. The third-order valence-corrected chi connectivity index (χ3v) is 3.13. The largest absolute Gasteiger partial charge is 0.337 e. The first-order valence-corrected chi connectivity index (χ1v) is 6.12. The lowest BCUT2D eigenvalue weighted by Crippen LogP contribution is -2.53. The zero-order valence-corrected chi connectivity index (χ0v) is 10.3. The Morgan fingerprint density at radius 1 is 1.35 bits per heavy atom. The van der Waals surface area contributed by atoms with Gasteiger partial charge in [-0.15, -0.1) is 0 Å². The number of aromatic nitrogens is 1. The van der Waals surface area contributed by atoms with Gasteiger partial charge in [0.1, 0.15) is 0 Å². The van der Waals surface area contributed by atoms with Crippen molar-refractivity contribution in [1.82, 2.24) is 15.6 Å². The zero-order chi connectivity index (χ0) is 12.3. The molecule has 17 heavy (non-hydrogen) atoms. The summed E-state index contributed by atoms with van der Waals surface area (Å²) in [4.78, 5) is 15.9. The van der Waals surface area contributed by atoms with Crippen molar-refractivity contribution in [3.8, 4) is 0 Å². The van der Waals surface area contributed by atoms with E-state index in [2.05, 4.69) is 29.5 Å². The van der Waals surface area contributed by atoms with Crippen LogP contribution in [0.5, 0.6) is 0 Å². The Labute approximate surface area is 102 Å². The quantitative estimate of drug-likeness (QED) is 0.814. The minimum atomic E-state index is -0.0359. The lowest BCUT2D eigenvalue weighted by atomic mass is 9.93. The Kier molecular flexibility index (Phi) is 3.74. The van der Waals surface area contributed by atoms with E-state index in [1.165, 1.54) is 6.42 Å². The van der Waals surface area contributed by atoms with Crippen molar-refractivity contribution in [3.63, 3.8) is 0 Å². The molecule has 3 atom stereocenters. The number of nitrogens with one attached hydrogen (secondary N) is 2. The van der Waals surface area contributed by atoms with E-state index in [1.54, 1.807) is 24.5 Å². The fourth-order valence-electron chi connectivity index (χ4n) is 2.43. The molecule has 0 bridgehead atoms. The fraction of sp³-hybridized carbons (Fsp3) is 0.538. The molecule has 1 aromatic heterocycles. The van der Waals surface area contributed by atoms with E-state index in [9.17, 15) is 4.79 Å². The molecule has 1 aromatic rings. The van der Waals surface area contributed by atoms with E-state index in [0.29, 0.717) is 17.5 Å². The van der Waals surface area contributed by atoms with E-state index in [1.807, 2.05) is 0 Å². The maximum atomic E-state index is 11.9. The molecule has 1 saturated heterocycles. The molecule has 2 N–H and O–H groups in total. The highest BCUT2D eigenvalue weighted by atomic mass is 16.1. The van der Waals surface area contributed by atoms with Crippen LogP contribution in [0, 0.1) is 5.92 Å². The van der Waals surface area contributed by atoms with E-state index >= 15 is 0 Å². The van der Waals surface area contributed by atoms with Gasteiger partial charge in [-0.1, -0.05) is 6.92 Å². The summed E-state index contributed by atoms with van der Waals surface area (Å²) in [5.41, 5.74) is 0.660. The molecule has 4 heteroatoms. The third-order valence-electron chi connectivity index (χ3n) is 3.13. The average Bonchev–Trinajstić information content (AvgIpc) is 2.28. The van der Waals surface area contributed by atoms with Crippen LogP contribution in [-0.4, -0.2) is 23.1 Å². The Hall–Kier alpha value is -1.42. The maximum Gasteiger partial charge on any atom is 0.252 e. The molecule has 1 aliphatic rings. The Balaban J connectivity index is 1.95. The van der Waals surface area contributed by atoms with Gasteiger partial charge in [0.2, 0.25) is 0 Å². The zero-order valence-electron chi connectivity index (χ0n) is 10.3. The third kappa shape index (κ3) is 3.27. The van der Waals surface area contributed by atoms with Crippen LogP contribution in [0.2, 0.25) is 0 Å². The van der Waals surface area contributed by atoms with Gasteiger partial charge in [-0.3, -0.25) is 15.1 Å². The molecule has 92 valence electrons. The van der Waals surface area contributed by atoms with Crippen LogP contribution >= 0.6 is 0 Å². The van der Waals surface area contributed by atoms with Gasteiger partial charge in [-0.05, 0) is 37.8 Å². The first-order valence-electron chi connectivity index (χ1n) is 6.12. The number of carbonyl (C=O) groups is 1. The minimum Gasteiger partial charge on any atom is -0.337 e. The first-order chi connectivity index (χ1) is 8.15. The molecular weight excluding hydrogens is 214 g/mol. The Morgan fingerprint density at radius 2 is 2.06 bits per heavy atom. The van der Waals surface area contributed by atoms with Crippen molar-refractivity contribution in [2.24, 2.45) is 5.92 Å². The van der Waals surface area contributed by atoms with Gasteiger partial charge in [-0.2, -0.15) is 0 Å². The smallest absolute Gasteiger partial charge is 0.252 e. The number of nitrogens with zero attached hydrogens (tertiary/aromatic N) is 1. The molecule has 0 spiro atoms. The Morgan fingerprint density at radius 3 is 2.71 bits per heavy atom. The number of amides is 1. The van der Waals surface area contributed by atoms with Crippen LogP contribution in [0.3, 0.4) is 0 Å². The normalized spacial score (nSPS) is 28.7. The predicted octanol–water partition coefficient (Wildman–Crippen LogP) is 1.55. The highest BCUT2D eigenvalue weighted by molar-refractivity contribution is 5.94. The summed E-state index contributed by atoms with van der Waals surface area (Å²) >= 11 is 0. The number of piperidine rings is 1. The summed E-state index contributed by atoms with van der Waals surface area (Å²) in [6.07, 6.45) is 5.50. The van der Waals surface area contributed by atoms with Crippen LogP contribution in [0.25, 0.3) is 0 Å². The first kappa shape index (κ1) is 12.0. The van der Waals surface area contributed by atoms with Crippen LogP contribution < -0.4 is 10.6 Å². The van der Waals surface area contributed by atoms with Crippen molar-refractivity contribution in [2.75, 3.05) is 0 Å². The van der Waals surface area contributed by atoms with E-state index in [0.717, 1.165) is 6.42 Å². The maximum absolute atomic E-state index is 11.9. The summed E-state index contributed by atoms with van der Waals surface area (Å²) in [6.45, 7) is 4.38. The van der Waals surface area contributed by atoms with Crippen LogP contribution in [0.1, 0.15) is 37.0 Å². The van der Waals surface area contributed by atoms with Gasteiger partial charge < -0.3 is 5.32 Å². The molecule has 0 radical (unpaired) electrons. The predicted molar refractivity (Wildman–Crippen MR) is 66.5 cm³/mol. The summed E-state index contributed by atoms with van der Waals surface area (Å²) in [5.74, 6) is 0.611. The summed E-state index contributed by atoms with van der Waals surface area (Å²) in [6, 6.07) is 3.91. The second-order valence-electron chi connectivity index (χ2n) is 4.91. The van der Waals surface area contributed by atoms with Crippen LogP contribution in [0.4, 0.5) is 0 Å². The van der Waals surface area contributed by atoms with Gasteiger partial charge in [0.05, 0.1) is 6.17 Å². The number of pyridine rings is 1. The fourth-order valence-corrected chi connectivity index (χ4v) is 2.43. The molecule has 0 aromatic carbocycles. The van der Waals surface area contributed by atoms with Gasteiger partial charge in [0.15, 0.2) is 0 Å². The molecule has 1 amide bonds. The van der Waals surface area contributed by atoms with Crippen LogP contribution in [0.15, 0.2) is 24.5 Å². The number of hydrogen-bond donors (Lipinski definition) is 2. The molecule has 2 heterocycles. The molecular formula is C13H19N3O. The van der Waals surface area contributed by atoms with E-state index in [-0.39, 0.29) is 12.1 Å². The Bertz CT molecular complexity index is 370. The molecule has 3 unspecified atom stereocenters. The van der Waals surface area contributed by atoms with Crippen molar-refractivity contribution in [3.05, 3.63) is 30.1 Å². The molecule has 2 rings (SSSR count). The van der Waals surface area contributed by atoms with Crippen molar-refractivity contribution < 1.29 is 4.79 Å². The highest BCUT2D eigenvalue weighted by Gasteiger charge is 2.24. The standard InChI is InChI=1S/C13H19N3O/c1-9-7-10(2)15-12(8-9)16-13(17)11-3-5-14-6-4-11/h3-6,9-10,12,15H,7-8H2,1-2H3,(H,16,17). The SMILES string of the molecule is CC1CC(C)NC(NC(=O)c2ccncc2)C1. The number of carbonyl (C=O) groups excluding carboxylic acids is 1. The minimum absolute atomic E-state index is 0.0359. The van der Waals surface area contributed by atoms with Gasteiger partial charge in [-0.25, -0.2) is 0 Å². The average molecular weight is 233 g/mol. The van der Waals surface area contributed by atoms with E-state index in [4.69, 9.17) is 0 Å². The van der Waals surface area contributed by atoms with Crippen LogP contribution in [-0.2, 0) is 0 Å². The van der Waals surface area contributed by atoms with Gasteiger partial charge in [0, 0.05) is 24.0 Å². The second-order valence-corrected chi connectivity index (χ2v) is 4.91. The molecule has 0 aliphatic carbocycles. The van der Waals surface area contributed by atoms with Gasteiger partial charge >= 0.3 is 0 Å². The highest BCUT2D eigenvalue weighted by Crippen LogP contribution is 2.18. The summed E-state index contributed by atoms with van der Waals surface area (Å²) < 4.78 is 0. The molecule has 4 nitrogen and oxygen atoms in total. The van der Waals surface area contributed by atoms with E-state index < -0.39 is 0 Å². The van der Waals surface area contributed by atoms with Gasteiger partial charge in [0.25, 0.3) is 5.91 Å². The molecule has 0 saturated carbocycles.